The summed E-state index contributed by atoms with van der Waals surface area (Å²) in [7, 11) is 0. The van der Waals surface area contributed by atoms with E-state index in [1.165, 1.54) is 0 Å². The van der Waals surface area contributed by atoms with Crippen LogP contribution in [0.5, 0.6) is 0 Å². The first-order valence-electron chi connectivity index (χ1n) is 14.5. The molecule has 5 nitrogen and oxygen atoms in total. The number of benzene rings is 6. The van der Waals surface area contributed by atoms with Gasteiger partial charge in [0.25, 0.3) is 0 Å². The zero-order valence-electron chi connectivity index (χ0n) is 23.4. The lowest BCUT2D eigenvalue weighted by Crippen LogP contribution is -2.01. The van der Waals surface area contributed by atoms with Gasteiger partial charge in [0.05, 0.1) is 0 Å². The van der Waals surface area contributed by atoms with Gasteiger partial charge in [0.15, 0.2) is 17.5 Å². The molecular weight excluding hydrogens is 542 g/mol. The van der Waals surface area contributed by atoms with Gasteiger partial charge in [0, 0.05) is 43.8 Å². The smallest absolute Gasteiger partial charge is 0.164 e. The maximum atomic E-state index is 6.54. The predicted octanol–water partition coefficient (Wildman–Crippen LogP) is 10.3. The van der Waals surface area contributed by atoms with Gasteiger partial charge in [0.1, 0.15) is 22.3 Å². The van der Waals surface area contributed by atoms with E-state index in [0.717, 1.165) is 71.7 Å². The summed E-state index contributed by atoms with van der Waals surface area (Å²) in [5.74, 6) is 1.76. The third-order valence-electron chi connectivity index (χ3n) is 8.16. The van der Waals surface area contributed by atoms with Crippen LogP contribution in [0.3, 0.4) is 0 Å². The molecular formula is C39H23N3O2. The monoisotopic (exact) mass is 565 g/mol. The van der Waals surface area contributed by atoms with Crippen molar-refractivity contribution in [1.82, 2.24) is 15.0 Å². The van der Waals surface area contributed by atoms with Crippen LogP contribution in [-0.4, -0.2) is 15.0 Å². The zero-order chi connectivity index (χ0) is 29.0. The highest BCUT2D eigenvalue weighted by Crippen LogP contribution is 2.42. The topological polar surface area (TPSA) is 65.0 Å². The molecule has 0 aliphatic heterocycles. The Labute approximate surface area is 252 Å². The molecule has 0 fully saturated rings. The van der Waals surface area contributed by atoms with E-state index in [-0.39, 0.29) is 0 Å². The van der Waals surface area contributed by atoms with Crippen LogP contribution in [0, 0.1) is 0 Å². The van der Waals surface area contributed by atoms with Crippen LogP contribution in [0.25, 0.3) is 89.2 Å². The molecule has 0 N–H and O–H groups in total. The van der Waals surface area contributed by atoms with Crippen molar-refractivity contribution in [2.24, 2.45) is 0 Å². The highest BCUT2D eigenvalue weighted by Gasteiger charge is 2.22. The quantitative estimate of drug-likeness (QED) is 0.212. The van der Waals surface area contributed by atoms with Gasteiger partial charge in [-0.3, -0.25) is 0 Å². The Bertz CT molecular complexity index is 2500. The van der Waals surface area contributed by atoms with Crippen molar-refractivity contribution in [2.45, 2.75) is 0 Å². The third-order valence-corrected chi connectivity index (χ3v) is 8.16. The van der Waals surface area contributed by atoms with Gasteiger partial charge in [0.2, 0.25) is 0 Å². The fourth-order valence-electron chi connectivity index (χ4n) is 6.15. The Morgan fingerprint density at radius 1 is 0.341 bits per heavy atom. The molecule has 44 heavy (non-hydrogen) atoms. The Hall–Kier alpha value is -6.07. The van der Waals surface area contributed by atoms with E-state index in [0.29, 0.717) is 17.5 Å². The molecule has 0 unspecified atom stereocenters. The number of hydrogen-bond donors (Lipinski definition) is 0. The molecule has 0 spiro atoms. The summed E-state index contributed by atoms with van der Waals surface area (Å²) >= 11 is 0. The van der Waals surface area contributed by atoms with Crippen LogP contribution in [0.1, 0.15) is 0 Å². The van der Waals surface area contributed by atoms with Crippen LogP contribution in [0.4, 0.5) is 0 Å². The molecule has 0 amide bonds. The molecule has 6 aromatic carbocycles. The number of rotatable bonds is 4. The normalized spacial score (nSPS) is 11.6. The van der Waals surface area contributed by atoms with Gasteiger partial charge in [-0.2, -0.15) is 0 Å². The van der Waals surface area contributed by atoms with Crippen molar-refractivity contribution in [3.63, 3.8) is 0 Å². The molecule has 0 radical (unpaired) electrons. The summed E-state index contributed by atoms with van der Waals surface area (Å²) < 4.78 is 12.8. The van der Waals surface area contributed by atoms with E-state index in [1.54, 1.807) is 0 Å². The SMILES string of the molecule is c1ccc(-c2nc(-c3cccc4oc5ccccc5c34)nc(-c3ccc(-c4ccccc4)c4oc5ccccc5c34)n2)cc1. The maximum absolute atomic E-state index is 6.54. The van der Waals surface area contributed by atoms with Gasteiger partial charge in [-0.1, -0.05) is 109 Å². The minimum atomic E-state index is 0.579. The van der Waals surface area contributed by atoms with Crippen LogP contribution in [-0.2, 0) is 0 Å². The first-order chi connectivity index (χ1) is 21.8. The van der Waals surface area contributed by atoms with Crippen LogP contribution in [0.15, 0.2) is 148 Å². The fraction of sp³-hybridized carbons (Fsp3) is 0. The number of furan rings is 2. The summed E-state index contributed by atoms with van der Waals surface area (Å²) in [6.07, 6.45) is 0. The van der Waals surface area contributed by atoms with Crippen molar-refractivity contribution < 1.29 is 8.83 Å². The number of hydrogen-bond acceptors (Lipinski definition) is 5. The van der Waals surface area contributed by atoms with E-state index in [1.807, 2.05) is 97.1 Å². The second-order valence-electron chi connectivity index (χ2n) is 10.8. The maximum Gasteiger partial charge on any atom is 0.164 e. The number of nitrogens with zero attached hydrogens (tertiary/aromatic N) is 3. The van der Waals surface area contributed by atoms with Gasteiger partial charge in [-0.05, 0) is 35.9 Å². The van der Waals surface area contributed by atoms with Crippen LogP contribution >= 0.6 is 0 Å². The molecule has 0 aliphatic rings. The molecule has 9 rings (SSSR count). The highest BCUT2D eigenvalue weighted by atomic mass is 16.3. The lowest BCUT2D eigenvalue weighted by molar-refractivity contribution is 0.669. The minimum absolute atomic E-state index is 0.579. The zero-order valence-corrected chi connectivity index (χ0v) is 23.4. The Balaban J connectivity index is 1.36. The van der Waals surface area contributed by atoms with Crippen molar-refractivity contribution in [1.29, 1.82) is 0 Å². The average Bonchev–Trinajstić information content (AvgIpc) is 3.68. The average molecular weight is 566 g/mol. The summed E-state index contributed by atoms with van der Waals surface area (Å²) in [5.41, 5.74) is 8.04. The molecule has 0 bridgehead atoms. The van der Waals surface area contributed by atoms with Crippen molar-refractivity contribution in [3.8, 4) is 45.3 Å². The molecule has 0 saturated carbocycles. The standard InChI is InChI=1S/C39H23N3O2/c1-3-12-24(13-4-1)26-22-23-30(35-28-17-8-10-20-32(28)44-36(26)35)39-41-37(25-14-5-2-6-15-25)40-38(42-39)29-18-11-21-33-34(29)27-16-7-9-19-31(27)43-33/h1-23H. The highest BCUT2D eigenvalue weighted by molar-refractivity contribution is 6.16. The molecule has 206 valence electrons. The van der Waals surface area contributed by atoms with E-state index in [9.17, 15) is 0 Å². The molecule has 3 aromatic heterocycles. The van der Waals surface area contributed by atoms with Crippen LogP contribution in [0.2, 0.25) is 0 Å². The van der Waals surface area contributed by atoms with Crippen LogP contribution < -0.4 is 0 Å². The van der Waals surface area contributed by atoms with E-state index in [2.05, 4.69) is 42.5 Å². The Morgan fingerprint density at radius 3 is 1.59 bits per heavy atom. The molecule has 5 heteroatoms. The molecule has 0 aliphatic carbocycles. The van der Waals surface area contributed by atoms with Crippen molar-refractivity contribution >= 4 is 43.9 Å². The summed E-state index contributed by atoms with van der Waals surface area (Å²) in [6, 6.07) is 46.8. The van der Waals surface area contributed by atoms with E-state index in [4.69, 9.17) is 23.8 Å². The number of aromatic nitrogens is 3. The van der Waals surface area contributed by atoms with Crippen molar-refractivity contribution in [3.05, 3.63) is 140 Å². The lowest BCUT2D eigenvalue weighted by atomic mass is 9.98. The third kappa shape index (κ3) is 3.83. The van der Waals surface area contributed by atoms with Gasteiger partial charge >= 0.3 is 0 Å². The number of para-hydroxylation sites is 2. The molecule has 0 atom stereocenters. The van der Waals surface area contributed by atoms with E-state index < -0.39 is 0 Å². The molecule has 0 saturated heterocycles. The second-order valence-corrected chi connectivity index (χ2v) is 10.8. The van der Waals surface area contributed by atoms with Gasteiger partial charge < -0.3 is 8.83 Å². The molecule has 9 aromatic rings. The predicted molar refractivity (Wildman–Crippen MR) is 176 cm³/mol. The first kappa shape index (κ1) is 24.5. The van der Waals surface area contributed by atoms with E-state index >= 15 is 0 Å². The number of fused-ring (bicyclic) bond motifs is 6. The Kier molecular flexibility index (Phi) is 5.43. The van der Waals surface area contributed by atoms with Gasteiger partial charge in [-0.25, -0.2) is 15.0 Å². The summed E-state index contributed by atoms with van der Waals surface area (Å²) in [4.78, 5) is 15.3. The second kappa shape index (κ2) is 9.75. The van der Waals surface area contributed by atoms with Crippen molar-refractivity contribution in [2.75, 3.05) is 0 Å². The summed E-state index contributed by atoms with van der Waals surface area (Å²) in [6.45, 7) is 0. The largest absolute Gasteiger partial charge is 0.456 e. The lowest BCUT2D eigenvalue weighted by Gasteiger charge is -2.11. The first-order valence-corrected chi connectivity index (χ1v) is 14.5. The fourth-order valence-corrected chi connectivity index (χ4v) is 6.15. The minimum Gasteiger partial charge on any atom is -0.456 e. The Morgan fingerprint density at radius 2 is 0.864 bits per heavy atom. The summed E-state index contributed by atoms with van der Waals surface area (Å²) in [5, 5.41) is 4.00. The molecule has 3 heterocycles. The van der Waals surface area contributed by atoms with Gasteiger partial charge in [-0.15, -0.1) is 0 Å².